The molecule has 1 aliphatic rings. The third-order valence-electron chi connectivity index (χ3n) is 5.82. The molecule has 0 bridgehead atoms. The summed E-state index contributed by atoms with van der Waals surface area (Å²) in [5.41, 5.74) is 1.85. The molecule has 2 aromatic carbocycles. The van der Waals surface area contributed by atoms with E-state index >= 15 is 0 Å². The summed E-state index contributed by atoms with van der Waals surface area (Å²) in [7, 11) is 3.15. The van der Waals surface area contributed by atoms with Crippen molar-refractivity contribution in [3.8, 4) is 11.5 Å². The van der Waals surface area contributed by atoms with Gasteiger partial charge in [-0.1, -0.05) is 42.5 Å². The Balaban J connectivity index is 1.62. The summed E-state index contributed by atoms with van der Waals surface area (Å²) in [6.07, 6.45) is 1.47. The number of methoxy groups -OCH3 is 2. The van der Waals surface area contributed by atoms with E-state index < -0.39 is 5.92 Å². The van der Waals surface area contributed by atoms with Crippen molar-refractivity contribution < 1.29 is 23.5 Å². The predicted octanol–water partition coefficient (Wildman–Crippen LogP) is 3.47. The molecule has 1 aromatic heterocycles. The van der Waals surface area contributed by atoms with E-state index in [9.17, 15) is 9.59 Å². The number of amides is 2. The zero-order valence-corrected chi connectivity index (χ0v) is 18.1. The van der Waals surface area contributed by atoms with Crippen LogP contribution in [-0.2, 0) is 11.3 Å². The Bertz CT molecular complexity index is 1070. The van der Waals surface area contributed by atoms with Gasteiger partial charge in [0, 0.05) is 31.1 Å². The molecule has 7 heteroatoms. The highest BCUT2D eigenvalue weighted by Crippen LogP contribution is 2.42. The summed E-state index contributed by atoms with van der Waals surface area (Å²) in [6, 6.07) is 18.6. The first-order valence-corrected chi connectivity index (χ1v) is 10.5. The third kappa shape index (κ3) is 4.32. The number of likely N-dealkylation sites (tertiary alicyclic amines) is 1. The number of furan rings is 1. The summed E-state index contributed by atoms with van der Waals surface area (Å²) >= 11 is 0. The molecule has 2 atom stereocenters. The summed E-state index contributed by atoms with van der Waals surface area (Å²) < 4.78 is 16.4. The molecule has 2 heterocycles. The topological polar surface area (TPSA) is 81.0 Å². The first-order chi connectivity index (χ1) is 15.6. The van der Waals surface area contributed by atoms with Crippen LogP contribution in [0.25, 0.3) is 0 Å². The molecule has 32 heavy (non-hydrogen) atoms. The van der Waals surface area contributed by atoms with E-state index in [2.05, 4.69) is 5.32 Å². The Morgan fingerprint density at radius 2 is 1.81 bits per heavy atom. The summed E-state index contributed by atoms with van der Waals surface area (Å²) in [5, 5.41) is 3.03. The van der Waals surface area contributed by atoms with Crippen molar-refractivity contribution in [1.82, 2.24) is 10.2 Å². The highest BCUT2D eigenvalue weighted by molar-refractivity contribution is 5.93. The minimum atomic E-state index is -0.446. The Kier molecular flexibility index (Phi) is 6.44. The molecule has 166 valence electrons. The molecule has 1 aliphatic heterocycles. The van der Waals surface area contributed by atoms with Crippen LogP contribution in [0.5, 0.6) is 11.5 Å². The molecule has 0 spiro atoms. The molecule has 2 amide bonds. The van der Waals surface area contributed by atoms with Gasteiger partial charge in [-0.25, -0.2) is 0 Å². The Morgan fingerprint density at radius 1 is 1.00 bits per heavy atom. The van der Waals surface area contributed by atoms with Crippen LogP contribution < -0.4 is 14.8 Å². The lowest BCUT2D eigenvalue weighted by Gasteiger charge is -2.21. The van der Waals surface area contributed by atoms with Gasteiger partial charge in [-0.05, 0) is 23.8 Å². The summed E-state index contributed by atoms with van der Waals surface area (Å²) in [5.74, 6) is 0.371. The van der Waals surface area contributed by atoms with Crippen molar-refractivity contribution >= 4 is 11.8 Å². The summed E-state index contributed by atoms with van der Waals surface area (Å²) in [6.45, 7) is 1.07. The molecule has 1 N–H and O–H groups in total. The molecule has 0 radical (unpaired) electrons. The minimum Gasteiger partial charge on any atom is -0.493 e. The van der Waals surface area contributed by atoms with Crippen LogP contribution in [-0.4, -0.2) is 44.0 Å². The van der Waals surface area contributed by atoms with E-state index in [-0.39, 0.29) is 30.0 Å². The van der Waals surface area contributed by atoms with Gasteiger partial charge in [-0.2, -0.15) is 0 Å². The number of nitrogens with zero attached hydrogens (tertiary/aromatic N) is 1. The van der Waals surface area contributed by atoms with Gasteiger partial charge in [-0.3, -0.25) is 9.59 Å². The highest BCUT2D eigenvalue weighted by atomic mass is 16.5. The normalized spacial score (nSPS) is 17.8. The average molecular weight is 434 g/mol. The monoisotopic (exact) mass is 434 g/mol. The minimum absolute atomic E-state index is 0.113. The average Bonchev–Trinajstić information content (AvgIpc) is 3.53. The van der Waals surface area contributed by atoms with Crippen molar-refractivity contribution in [3.63, 3.8) is 0 Å². The van der Waals surface area contributed by atoms with E-state index in [1.807, 2.05) is 48.5 Å². The van der Waals surface area contributed by atoms with Gasteiger partial charge in [0.2, 0.25) is 5.91 Å². The highest BCUT2D eigenvalue weighted by Gasteiger charge is 2.42. The van der Waals surface area contributed by atoms with E-state index in [0.29, 0.717) is 24.6 Å². The third-order valence-corrected chi connectivity index (χ3v) is 5.82. The largest absolute Gasteiger partial charge is 0.493 e. The smallest absolute Gasteiger partial charge is 0.289 e. The number of ether oxygens (including phenoxy) is 2. The van der Waals surface area contributed by atoms with Crippen molar-refractivity contribution in [3.05, 3.63) is 83.8 Å². The number of hydrogen-bond acceptors (Lipinski definition) is 5. The van der Waals surface area contributed by atoms with E-state index in [0.717, 1.165) is 11.1 Å². The molecule has 1 saturated heterocycles. The van der Waals surface area contributed by atoms with E-state index in [4.69, 9.17) is 13.9 Å². The predicted molar refractivity (Wildman–Crippen MR) is 119 cm³/mol. The number of carbonyl (C=O) groups excluding carboxylic acids is 2. The fourth-order valence-electron chi connectivity index (χ4n) is 4.23. The van der Waals surface area contributed by atoms with Gasteiger partial charge < -0.3 is 24.1 Å². The number of nitrogens with one attached hydrogen (secondary N) is 1. The van der Waals surface area contributed by atoms with Gasteiger partial charge in [0.05, 0.1) is 26.4 Å². The van der Waals surface area contributed by atoms with E-state index in [1.165, 1.54) is 6.26 Å². The van der Waals surface area contributed by atoms with Gasteiger partial charge in [0.1, 0.15) is 0 Å². The number of benzene rings is 2. The first kappa shape index (κ1) is 21.5. The van der Waals surface area contributed by atoms with Crippen molar-refractivity contribution in [2.45, 2.75) is 12.5 Å². The zero-order valence-electron chi connectivity index (χ0n) is 18.1. The van der Waals surface area contributed by atoms with Crippen molar-refractivity contribution in [1.29, 1.82) is 0 Å². The maximum absolute atomic E-state index is 13.3. The van der Waals surface area contributed by atoms with Crippen LogP contribution in [0, 0.1) is 5.92 Å². The molecule has 4 rings (SSSR count). The number of carbonyl (C=O) groups is 2. The number of hydrogen-bond donors (Lipinski definition) is 1. The lowest BCUT2D eigenvalue weighted by atomic mass is 9.87. The fraction of sp³-hybridized carbons (Fsp3) is 0.280. The second-order valence-electron chi connectivity index (χ2n) is 7.69. The molecule has 0 unspecified atom stereocenters. The lowest BCUT2D eigenvalue weighted by molar-refractivity contribution is -0.125. The van der Waals surface area contributed by atoms with Gasteiger partial charge >= 0.3 is 0 Å². The molecule has 3 aromatic rings. The number of para-hydroxylation sites is 1. The Labute approximate surface area is 186 Å². The van der Waals surface area contributed by atoms with Crippen LogP contribution in [0.2, 0.25) is 0 Å². The first-order valence-electron chi connectivity index (χ1n) is 10.5. The van der Waals surface area contributed by atoms with Crippen LogP contribution in [0.3, 0.4) is 0 Å². The second kappa shape index (κ2) is 9.60. The SMILES string of the molecule is COc1cccc([C@H]2CN(C(=O)c3ccco3)C[C@H]2C(=O)NCc2ccccc2)c1OC. The molecule has 0 saturated carbocycles. The van der Waals surface area contributed by atoms with Crippen LogP contribution >= 0.6 is 0 Å². The van der Waals surface area contributed by atoms with Crippen molar-refractivity contribution in [2.24, 2.45) is 5.92 Å². The van der Waals surface area contributed by atoms with Crippen LogP contribution in [0.1, 0.15) is 27.6 Å². The second-order valence-corrected chi connectivity index (χ2v) is 7.69. The van der Waals surface area contributed by atoms with Gasteiger partial charge in [0.15, 0.2) is 17.3 Å². The van der Waals surface area contributed by atoms with Gasteiger partial charge in [-0.15, -0.1) is 0 Å². The Morgan fingerprint density at radius 3 is 2.50 bits per heavy atom. The fourth-order valence-corrected chi connectivity index (χ4v) is 4.23. The molecular formula is C25H26N2O5. The van der Waals surface area contributed by atoms with Crippen LogP contribution in [0.15, 0.2) is 71.3 Å². The molecule has 0 aliphatic carbocycles. The maximum Gasteiger partial charge on any atom is 0.289 e. The zero-order chi connectivity index (χ0) is 22.5. The Hall–Kier alpha value is -3.74. The van der Waals surface area contributed by atoms with Crippen molar-refractivity contribution in [2.75, 3.05) is 27.3 Å². The molecule has 1 fully saturated rings. The van der Waals surface area contributed by atoms with Gasteiger partial charge in [0.25, 0.3) is 5.91 Å². The maximum atomic E-state index is 13.3. The van der Waals surface area contributed by atoms with E-state index in [1.54, 1.807) is 31.3 Å². The standard InChI is InChI=1S/C25H26N2O5/c1-30-21-11-6-10-18(23(21)31-2)19-15-27(25(29)22-12-7-13-32-22)16-20(19)24(28)26-14-17-8-4-3-5-9-17/h3-13,19-20H,14-16H2,1-2H3,(H,26,28)/t19-,20-/m1/s1. The molecule has 7 nitrogen and oxygen atoms in total. The summed E-state index contributed by atoms with van der Waals surface area (Å²) in [4.78, 5) is 27.9. The quantitative estimate of drug-likeness (QED) is 0.616. The number of rotatable bonds is 7. The lowest BCUT2D eigenvalue weighted by Crippen LogP contribution is -2.35. The van der Waals surface area contributed by atoms with Crippen LogP contribution in [0.4, 0.5) is 0 Å². The molecular weight excluding hydrogens is 408 g/mol.